The predicted molar refractivity (Wildman–Crippen MR) is 118 cm³/mol. The van der Waals surface area contributed by atoms with Gasteiger partial charge in [-0.15, -0.1) is 16.8 Å². The second kappa shape index (κ2) is 10.2. The minimum atomic E-state index is -3.54. The molecule has 2 aromatic rings. The summed E-state index contributed by atoms with van der Waals surface area (Å²) < 4.78 is 29.1. The first kappa shape index (κ1) is 22.5. The third-order valence-corrected chi connectivity index (χ3v) is 8.05. The van der Waals surface area contributed by atoms with Crippen molar-refractivity contribution < 1.29 is 13.2 Å². The third-order valence-electron chi connectivity index (χ3n) is 5.14. The van der Waals surface area contributed by atoms with Crippen LogP contribution >= 0.6 is 11.8 Å². The summed E-state index contributed by atoms with van der Waals surface area (Å²) in [5.41, 5.74) is 0.549. The smallest absolute Gasteiger partial charge is 0.243 e. The molecular formula is C20H27N5O3S2. The summed E-state index contributed by atoms with van der Waals surface area (Å²) in [5, 5.41) is 11.2. The number of aromatic nitrogens is 3. The monoisotopic (exact) mass is 449 g/mol. The molecule has 1 aromatic carbocycles. The number of sulfonamides is 1. The number of rotatable bonds is 9. The Kier molecular flexibility index (Phi) is 7.68. The Morgan fingerprint density at radius 3 is 2.67 bits per heavy atom. The zero-order chi connectivity index (χ0) is 21.6. The number of carbonyl (C=O) groups excluding carboxylic acids is 1. The van der Waals surface area contributed by atoms with Gasteiger partial charge in [-0.2, -0.15) is 4.31 Å². The molecule has 10 heteroatoms. The quantitative estimate of drug-likeness (QED) is 0.467. The van der Waals surface area contributed by atoms with Crippen LogP contribution in [0.5, 0.6) is 0 Å². The first-order valence-corrected chi connectivity index (χ1v) is 12.3. The van der Waals surface area contributed by atoms with Gasteiger partial charge in [-0.1, -0.05) is 37.1 Å². The lowest BCUT2D eigenvalue weighted by Gasteiger charge is -2.30. The molecule has 3 rings (SSSR count). The van der Waals surface area contributed by atoms with Crippen LogP contribution in [0.2, 0.25) is 0 Å². The lowest BCUT2D eigenvalue weighted by Crippen LogP contribution is -2.38. The average Bonchev–Trinajstić information content (AvgIpc) is 3.20. The standard InChI is InChI=1S/C20H27N5O3S2/c1-3-13-25-15-21-23-20(25)29-14-19(26)22-16-9-11-18(12-10-16)30(27,28)24(2)17-7-5-4-6-8-17/h3,9-12,15,17H,1,4-8,13-14H2,2H3,(H,22,26). The Labute approximate surface area is 181 Å². The topological polar surface area (TPSA) is 97.2 Å². The van der Waals surface area contributed by atoms with Crippen LogP contribution in [-0.4, -0.2) is 52.2 Å². The van der Waals surface area contributed by atoms with E-state index in [9.17, 15) is 13.2 Å². The number of amides is 1. The third kappa shape index (κ3) is 5.50. The van der Waals surface area contributed by atoms with Gasteiger partial charge in [0.25, 0.3) is 0 Å². The zero-order valence-electron chi connectivity index (χ0n) is 17.0. The van der Waals surface area contributed by atoms with E-state index in [1.165, 1.54) is 34.6 Å². The largest absolute Gasteiger partial charge is 0.325 e. The molecule has 1 aromatic heterocycles. The Morgan fingerprint density at radius 2 is 2.00 bits per heavy atom. The normalized spacial score (nSPS) is 15.3. The minimum absolute atomic E-state index is 0.0586. The lowest BCUT2D eigenvalue weighted by molar-refractivity contribution is -0.113. The summed E-state index contributed by atoms with van der Waals surface area (Å²) in [6.07, 6.45) is 8.43. The van der Waals surface area contributed by atoms with Crippen molar-refractivity contribution in [1.82, 2.24) is 19.1 Å². The Bertz CT molecular complexity index is 967. The molecule has 1 N–H and O–H groups in total. The van der Waals surface area contributed by atoms with Gasteiger partial charge in [-0.3, -0.25) is 4.79 Å². The molecule has 0 aliphatic heterocycles. The number of benzene rings is 1. The Balaban J connectivity index is 1.57. The van der Waals surface area contributed by atoms with Gasteiger partial charge < -0.3 is 9.88 Å². The summed E-state index contributed by atoms with van der Waals surface area (Å²) in [5.74, 6) is -0.0385. The molecule has 1 fully saturated rings. The van der Waals surface area contributed by atoms with Crippen LogP contribution in [0.25, 0.3) is 0 Å². The molecule has 1 heterocycles. The second-order valence-corrected chi connectivity index (χ2v) is 10.2. The molecule has 0 atom stereocenters. The molecule has 1 aliphatic rings. The maximum atomic E-state index is 12.9. The van der Waals surface area contributed by atoms with Gasteiger partial charge in [0.05, 0.1) is 10.6 Å². The van der Waals surface area contributed by atoms with Crippen LogP contribution < -0.4 is 5.32 Å². The van der Waals surface area contributed by atoms with Gasteiger partial charge in [0, 0.05) is 25.3 Å². The van der Waals surface area contributed by atoms with Crippen molar-refractivity contribution in [2.24, 2.45) is 0 Å². The van der Waals surface area contributed by atoms with Gasteiger partial charge in [0.1, 0.15) is 6.33 Å². The van der Waals surface area contributed by atoms with Crippen LogP contribution in [0.15, 0.2) is 53.3 Å². The van der Waals surface area contributed by atoms with Crippen LogP contribution in [0.4, 0.5) is 5.69 Å². The minimum Gasteiger partial charge on any atom is -0.325 e. The summed E-state index contributed by atoms with van der Waals surface area (Å²) in [6.45, 7) is 4.25. The summed E-state index contributed by atoms with van der Waals surface area (Å²) >= 11 is 1.28. The fourth-order valence-corrected chi connectivity index (χ4v) is 5.61. The van der Waals surface area contributed by atoms with Crippen LogP contribution in [-0.2, 0) is 21.4 Å². The average molecular weight is 450 g/mol. The van der Waals surface area contributed by atoms with E-state index in [4.69, 9.17) is 0 Å². The molecule has 1 amide bonds. The Hall–Kier alpha value is -2.17. The van der Waals surface area contributed by atoms with Crippen LogP contribution in [0.3, 0.4) is 0 Å². The maximum Gasteiger partial charge on any atom is 0.243 e. The molecule has 30 heavy (non-hydrogen) atoms. The Morgan fingerprint density at radius 1 is 1.30 bits per heavy atom. The van der Waals surface area contributed by atoms with Gasteiger partial charge in [0.15, 0.2) is 5.16 Å². The summed E-state index contributed by atoms with van der Waals surface area (Å²) in [6, 6.07) is 6.37. The lowest BCUT2D eigenvalue weighted by atomic mass is 9.96. The van der Waals surface area contributed by atoms with Gasteiger partial charge in [-0.25, -0.2) is 8.42 Å². The van der Waals surface area contributed by atoms with Crippen molar-refractivity contribution in [3.05, 3.63) is 43.2 Å². The highest BCUT2D eigenvalue weighted by molar-refractivity contribution is 7.99. The first-order chi connectivity index (χ1) is 14.4. The van der Waals surface area contributed by atoms with Gasteiger partial charge in [0.2, 0.25) is 15.9 Å². The fraction of sp³-hybridized carbons (Fsp3) is 0.450. The highest BCUT2D eigenvalue weighted by Gasteiger charge is 2.28. The zero-order valence-corrected chi connectivity index (χ0v) is 18.7. The number of nitrogens with one attached hydrogen (secondary N) is 1. The van der Waals surface area contributed by atoms with Crippen molar-refractivity contribution in [3.63, 3.8) is 0 Å². The molecule has 0 bridgehead atoms. The highest BCUT2D eigenvalue weighted by atomic mass is 32.2. The van der Waals surface area contributed by atoms with E-state index in [0.717, 1.165) is 25.7 Å². The van der Waals surface area contributed by atoms with Crippen LogP contribution in [0, 0.1) is 0 Å². The van der Waals surface area contributed by atoms with Crippen molar-refractivity contribution >= 4 is 33.4 Å². The van der Waals surface area contributed by atoms with E-state index < -0.39 is 10.0 Å². The van der Waals surface area contributed by atoms with E-state index >= 15 is 0 Å². The van der Waals surface area contributed by atoms with Gasteiger partial charge in [-0.05, 0) is 37.1 Å². The molecule has 0 spiro atoms. The fourth-order valence-electron chi connectivity index (χ4n) is 3.47. The number of thioether (sulfide) groups is 1. The van der Waals surface area contributed by atoms with E-state index in [1.54, 1.807) is 36.2 Å². The van der Waals surface area contributed by atoms with E-state index in [0.29, 0.717) is 17.4 Å². The number of nitrogens with zero attached hydrogens (tertiary/aromatic N) is 4. The number of hydrogen-bond acceptors (Lipinski definition) is 6. The number of anilines is 1. The molecule has 162 valence electrons. The number of carbonyl (C=O) groups is 1. The second-order valence-electron chi connectivity index (χ2n) is 7.23. The van der Waals surface area contributed by atoms with Crippen molar-refractivity contribution in [3.8, 4) is 0 Å². The van der Waals surface area contributed by atoms with E-state index in [2.05, 4.69) is 22.1 Å². The van der Waals surface area contributed by atoms with Crippen molar-refractivity contribution in [2.45, 2.75) is 54.7 Å². The van der Waals surface area contributed by atoms with Crippen molar-refractivity contribution in [1.29, 1.82) is 0 Å². The number of hydrogen-bond donors (Lipinski definition) is 1. The summed E-state index contributed by atoms with van der Waals surface area (Å²) in [7, 11) is -1.89. The van der Waals surface area contributed by atoms with Gasteiger partial charge >= 0.3 is 0 Å². The molecular weight excluding hydrogens is 422 g/mol. The molecule has 0 saturated heterocycles. The number of allylic oxidation sites excluding steroid dienone is 1. The predicted octanol–water partition coefficient (Wildman–Crippen LogP) is 3.15. The van der Waals surface area contributed by atoms with E-state index in [1.807, 2.05) is 0 Å². The van der Waals surface area contributed by atoms with E-state index in [-0.39, 0.29) is 22.6 Å². The SMILES string of the molecule is C=CCn1cnnc1SCC(=O)Nc1ccc(S(=O)(=O)N(C)C2CCCCC2)cc1. The maximum absolute atomic E-state index is 12.9. The summed E-state index contributed by atoms with van der Waals surface area (Å²) in [4.78, 5) is 12.5. The molecule has 8 nitrogen and oxygen atoms in total. The van der Waals surface area contributed by atoms with Crippen LogP contribution in [0.1, 0.15) is 32.1 Å². The molecule has 1 aliphatic carbocycles. The highest BCUT2D eigenvalue weighted by Crippen LogP contribution is 2.27. The molecule has 1 saturated carbocycles. The first-order valence-electron chi connectivity index (χ1n) is 9.91. The molecule has 0 unspecified atom stereocenters. The van der Waals surface area contributed by atoms with Crippen molar-refractivity contribution in [2.75, 3.05) is 18.1 Å². The molecule has 0 radical (unpaired) electrons.